The van der Waals surface area contributed by atoms with Gasteiger partial charge in [-0.05, 0) is 36.9 Å². The van der Waals surface area contributed by atoms with Gasteiger partial charge in [-0.1, -0.05) is 24.3 Å². The third kappa shape index (κ3) is 3.78. The smallest absolute Gasteiger partial charge is 0.242 e. The van der Waals surface area contributed by atoms with E-state index >= 15 is 0 Å². The van der Waals surface area contributed by atoms with Gasteiger partial charge in [-0.3, -0.25) is 9.59 Å². The van der Waals surface area contributed by atoms with Crippen LogP contribution in [0.15, 0.2) is 24.3 Å². The van der Waals surface area contributed by atoms with Gasteiger partial charge in [-0.15, -0.1) is 12.4 Å². The van der Waals surface area contributed by atoms with Gasteiger partial charge in [0.05, 0.1) is 12.6 Å². The molecule has 0 aromatic heterocycles. The van der Waals surface area contributed by atoms with Gasteiger partial charge in [0.2, 0.25) is 11.8 Å². The van der Waals surface area contributed by atoms with Crippen molar-refractivity contribution in [1.82, 2.24) is 15.5 Å². The maximum absolute atomic E-state index is 12.2. The Morgan fingerprint density at radius 1 is 1.27 bits per heavy atom. The minimum atomic E-state index is -0.125. The summed E-state index contributed by atoms with van der Waals surface area (Å²) in [7, 11) is 0. The number of rotatable bonds is 3. The van der Waals surface area contributed by atoms with Crippen molar-refractivity contribution in [2.24, 2.45) is 0 Å². The summed E-state index contributed by atoms with van der Waals surface area (Å²) in [5.74, 6) is -0.0610. The summed E-state index contributed by atoms with van der Waals surface area (Å²) in [6, 6.07) is 8.09. The topological polar surface area (TPSA) is 61.4 Å². The molecule has 0 spiro atoms. The lowest BCUT2D eigenvalue weighted by atomic mass is 10.00. The lowest BCUT2D eigenvalue weighted by Crippen LogP contribution is -2.46. The van der Waals surface area contributed by atoms with Crippen molar-refractivity contribution in [3.63, 3.8) is 0 Å². The van der Waals surface area contributed by atoms with Gasteiger partial charge in [0.25, 0.3) is 0 Å². The van der Waals surface area contributed by atoms with Crippen LogP contribution in [-0.4, -0.2) is 42.4 Å². The van der Waals surface area contributed by atoms with Crippen molar-refractivity contribution < 1.29 is 9.59 Å². The number of benzene rings is 1. The number of hydrogen-bond donors (Lipinski definition) is 2. The van der Waals surface area contributed by atoms with Gasteiger partial charge < -0.3 is 15.5 Å². The van der Waals surface area contributed by atoms with Crippen LogP contribution in [0.5, 0.6) is 0 Å². The second kappa shape index (κ2) is 7.61. The van der Waals surface area contributed by atoms with E-state index in [4.69, 9.17) is 0 Å². The van der Waals surface area contributed by atoms with Crippen LogP contribution in [0.1, 0.15) is 24.0 Å². The van der Waals surface area contributed by atoms with Gasteiger partial charge in [-0.25, -0.2) is 0 Å². The molecule has 5 nitrogen and oxygen atoms in total. The van der Waals surface area contributed by atoms with E-state index in [0.717, 1.165) is 32.4 Å². The van der Waals surface area contributed by atoms with Crippen LogP contribution in [0.2, 0.25) is 0 Å². The van der Waals surface area contributed by atoms with Crippen molar-refractivity contribution in [2.75, 3.05) is 19.6 Å². The molecule has 1 aromatic rings. The number of carbonyl (C=O) groups is 2. The maximum atomic E-state index is 12.2. The quantitative estimate of drug-likeness (QED) is 0.867. The van der Waals surface area contributed by atoms with E-state index in [1.807, 2.05) is 17.0 Å². The Bertz CT molecular complexity index is 544. The van der Waals surface area contributed by atoms with E-state index in [-0.39, 0.29) is 36.8 Å². The highest BCUT2D eigenvalue weighted by Crippen LogP contribution is 2.18. The molecule has 2 amide bonds. The molecule has 120 valence electrons. The molecule has 3 rings (SSSR count). The van der Waals surface area contributed by atoms with Gasteiger partial charge in [0.15, 0.2) is 0 Å². The Hall–Kier alpha value is -1.59. The highest BCUT2D eigenvalue weighted by Gasteiger charge is 2.24. The Morgan fingerprint density at radius 3 is 2.77 bits per heavy atom. The van der Waals surface area contributed by atoms with Crippen molar-refractivity contribution in [3.05, 3.63) is 35.4 Å². The Kier molecular flexibility index (Phi) is 5.80. The van der Waals surface area contributed by atoms with E-state index in [1.165, 1.54) is 11.1 Å². The SMILES string of the molecule is Cl.O=C(NCC(=O)N1CCc2ccccc2C1)C1CCCN1. The monoisotopic (exact) mass is 323 g/mol. The van der Waals surface area contributed by atoms with Crippen LogP contribution in [0, 0.1) is 0 Å². The highest BCUT2D eigenvalue weighted by molar-refractivity contribution is 5.87. The second-order valence-electron chi connectivity index (χ2n) is 5.70. The molecule has 0 bridgehead atoms. The zero-order valence-corrected chi connectivity index (χ0v) is 13.3. The van der Waals surface area contributed by atoms with Gasteiger partial charge >= 0.3 is 0 Å². The molecule has 1 unspecified atom stereocenters. The molecule has 1 saturated heterocycles. The largest absolute Gasteiger partial charge is 0.346 e. The molecule has 2 N–H and O–H groups in total. The van der Waals surface area contributed by atoms with E-state index in [2.05, 4.69) is 22.8 Å². The first kappa shape index (κ1) is 16.8. The summed E-state index contributed by atoms with van der Waals surface area (Å²) in [5.41, 5.74) is 2.53. The number of amides is 2. The van der Waals surface area contributed by atoms with Gasteiger partial charge in [0, 0.05) is 13.1 Å². The van der Waals surface area contributed by atoms with Crippen LogP contribution in [-0.2, 0) is 22.6 Å². The summed E-state index contributed by atoms with van der Waals surface area (Å²) in [6.45, 7) is 2.36. The fourth-order valence-corrected chi connectivity index (χ4v) is 3.01. The minimum Gasteiger partial charge on any atom is -0.346 e. The number of nitrogens with zero attached hydrogens (tertiary/aromatic N) is 1. The fraction of sp³-hybridized carbons (Fsp3) is 0.500. The zero-order valence-electron chi connectivity index (χ0n) is 12.5. The van der Waals surface area contributed by atoms with Crippen molar-refractivity contribution in [3.8, 4) is 0 Å². The first-order valence-corrected chi connectivity index (χ1v) is 7.60. The number of hydrogen-bond acceptors (Lipinski definition) is 3. The lowest BCUT2D eigenvalue weighted by molar-refractivity contribution is -0.134. The van der Waals surface area contributed by atoms with Crippen molar-refractivity contribution in [1.29, 1.82) is 0 Å². The lowest BCUT2D eigenvalue weighted by Gasteiger charge is -2.29. The minimum absolute atomic E-state index is 0. The summed E-state index contributed by atoms with van der Waals surface area (Å²) in [5, 5.41) is 5.89. The molecule has 2 aliphatic heterocycles. The summed E-state index contributed by atoms with van der Waals surface area (Å²) < 4.78 is 0. The van der Waals surface area contributed by atoms with E-state index in [0.29, 0.717) is 6.54 Å². The molecule has 0 aliphatic carbocycles. The number of nitrogens with one attached hydrogen (secondary N) is 2. The van der Waals surface area contributed by atoms with Crippen molar-refractivity contribution in [2.45, 2.75) is 31.8 Å². The molecular weight excluding hydrogens is 302 g/mol. The number of carbonyl (C=O) groups excluding carboxylic acids is 2. The highest BCUT2D eigenvalue weighted by atomic mass is 35.5. The average molecular weight is 324 g/mol. The summed E-state index contributed by atoms with van der Waals surface area (Å²) in [4.78, 5) is 25.9. The first-order chi connectivity index (χ1) is 10.2. The van der Waals surface area contributed by atoms with Gasteiger partial charge in [-0.2, -0.15) is 0 Å². The average Bonchev–Trinajstić information content (AvgIpc) is 3.06. The maximum Gasteiger partial charge on any atom is 0.242 e. The predicted molar refractivity (Wildman–Crippen MR) is 86.8 cm³/mol. The first-order valence-electron chi connectivity index (χ1n) is 7.60. The molecular formula is C16H22ClN3O2. The molecule has 1 fully saturated rings. The van der Waals surface area contributed by atoms with Crippen LogP contribution < -0.4 is 10.6 Å². The summed E-state index contributed by atoms with van der Waals surface area (Å²) in [6.07, 6.45) is 2.77. The van der Waals surface area contributed by atoms with Crippen LogP contribution in [0.3, 0.4) is 0 Å². The normalized spacial score (nSPS) is 20.0. The molecule has 0 saturated carbocycles. The zero-order chi connectivity index (χ0) is 14.7. The van der Waals surface area contributed by atoms with Crippen LogP contribution >= 0.6 is 12.4 Å². The van der Waals surface area contributed by atoms with Gasteiger partial charge in [0.1, 0.15) is 0 Å². The fourth-order valence-electron chi connectivity index (χ4n) is 3.01. The van der Waals surface area contributed by atoms with Crippen LogP contribution in [0.25, 0.3) is 0 Å². The molecule has 1 atom stereocenters. The number of fused-ring (bicyclic) bond motifs is 1. The standard InChI is InChI=1S/C16H21N3O2.ClH/c20-15(10-18-16(21)14-6-3-8-17-14)19-9-7-12-4-1-2-5-13(12)11-19;/h1-2,4-5,14,17H,3,6-11H2,(H,18,21);1H. The molecule has 6 heteroatoms. The molecule has 2 heterocycles. The third-order valence-corrected chi connectivity index (χ3v) is 4.27. The van der Waals surface area contributed by atoms with E-state index in [1.54, 1.807) is 0 Å². The molecule has 0 radical (unpaired) electrons. The van der Waals surface area contributed by atoms with E-state index < -0.39 is 0 Å². The number of halogens is 1. The summed E-state index contributed by atoms with van der Waals surface area (Å²) >= 11 is 0. The third-order valence-electron chi connectivity index (χ3n) is 4.27. The van der Waals surface area contributed by atoms with E-state index in [9.17, 15) is 9.59 Å². The Morgan fingerprint density at radius 2 is 2.05 bits per heavy atom. The van der Waals surface area contributed by atoms with Crippen molar-refractivity contribution >= 4 is 24.2 Å². The van der Waals surface area contributed by atoms with Crippen LogP contribution in [0.4, 0.5) is 0 Å². The predicted octanol–water partition coefficient (Wildman–Crippen LogP) is 0.861. The molecule has 22 heavy (non-hydrogen) atoms. The molecule has 1 aromatic carbocycles. The molecule has 2 aliphatic rings. The Labute approximate surface area is 136 Å². The Balaban J connectivity index is 0.00000176. The second-order valence-corrected chi connectivity index (χ2v) is 5.70.